The molecule has 0 aliphatic heterocycles. The van der Waals surface area contributed by atoms with E-state index in [1.807, 2.05) is 0 Å². The Bertz CT molecular complexity index is 1420. The minimum Gasteiger partial charge on any atom is -0.399 e. The zero-order chi connectivity index (χ0) is 30.9. The van der Waals surface area contributed by atoms with Gasteiger partial charge in [-0.1, -0.05) is 37.6 Å². The van der Waals surface area contributed by atoms with Crippen molar-refractivity contribution in [2.24, 2.45) is 5.92 Å². The third-order valence-corrected chi connectivity index (χ3v) is 9.10. The molecule has 0 aromatic heterocycles. The number of benzene rings is 3. The molecular weight excluding hydrogens is 576 g/mol. The molecule has 0 heterocycles. The number of fused-ring (bicyclic) bond motifs is 1. The van der Waals surface area contributed by atoms with Crippen molar-refractivity contribution in [2.45, 2.75) is 95.8 Å². The normalized spacial score (nSPS) is 20.6. The van der Waals surface area contributed by atoms with E-state index < -0.39 is 53.0 Å². The van der Waals surface area contributed by atoms with E-state index in [-0.39, 0.29) is 60.3 Å². The molecule has 1 fully saturated rings. The lowest BCUT2D eigenvalue weighted by Crippen LogP contribution is -2.23. The smallest absolute Gasteiger partial charge is 0.399 e. The van der Waals surface area contributed by atoms with E-state index in [1.165, 1.54) is 11.1 Å². The molecule has 0 radical (unpaired) electrons. The predicted octanol–water partition coefficient (Wildman–Crippen LogP) is 10.4. The van der Waals surface area contributed by atoms with Crippen molar-refractivity contribution < 1.29 is 39.9 Å². The van der Waals surface area contributed by atoms with Gasteiger partial charge in [-0.3, -0.25) is 0 Å². The van der Waals surface area contributed by atoms with E-state index in [0.717, 1.165) is 37.8 Å². The standard InChI is InChI=1S/C34H34F8O/c1-2-3-19-4-6-20(7-5-19)8-9-21-10-15-25-26(16-21)31(38)32(39)29(30(25)37)23-13-11-22(12-14-23)24-17-27(35)33(28(36)18-24)43-34(40,41)42/h4-7,17-18,21-23H,2-3,8-16H2,1H3. The summed E-state index contributed by atoms with van der Waals surface area (Å²) in [7, 11) is 0. The minimum atomic E-state index is -5.25. The molecule has 1 saturated carbocycles. The molecule has 0 amide bonds. The molecule has 0 spiro atoms. The lowest BCUT2D eigenvalue weighted by atomic mass is 9.73. The average molecular weight is 611 g/mol. The third kappa shape index (κ3) is 7.01. The van der Waals surface area contributed by atoms with Crippen LogP contribution in [-0.4, -0.2) is 6.36 Å². The second kappa shape index (κ2) is 12.9. The van der Waals surface area contributed by atoms with Crippen LogP contribution >= 0.6 is 0 Å². The predicted molar refractivity (Wildman–Crippen MR) is 148 cm³/mol. The molecule has 1 unspecified atom stereocenters. The fourth-order valence-electron chi connectivity index (χ4n) is 6.87. The fraction of sp³-hybridized carbons (Fsp3) is 0.471. The molecule has 2 aliphatic rings. The lowest BCUT2D eigenvalue weighted by Gasteiger charge is -2.32. The van der Waals surface area contributed by atoms with Crippen molar-refractivity contribution in [3.8, 4) is 5.75 Å². The summed E-state index contributed by atoms with van der Waals surface area (Å²) >= 11 is 0. The summed E-state index contributed by atoms with van der Waals surface area (Å²) in [5, 5.41) is 0. The van der Waals surface area contributed by atoms with Crippen molar-refractivity contribution in [2.75, 3.05) is 0 Å². The van der Waals surface area contributed by atoms with Gasteiger partial charge in [0.1, 0.15) is 5.82 Å². The summed E-state index contributed by atoms with van der Waals surface area (Å²) < 4.78 is 116. The Morgan fingerprint density at radius 2 is 1.30 bits per heavy atom. The summed E-state index contributed by atoms with van der Waals surface area (Å²) in [5.41, 5.74) is 2.70. The molecule has 0 N–H and O–H groups in total. The van der Waals surface area contributed by atoms with E-state index >= 15 is 13.2 Å². The molecule has 3 aromatic carbocycles. The Morgan fingerprint density at radius 3 is 1.88 bits per heavy atom. The second-order valence-electron chi connectivity index (χ2n) is 11.9. The maximum atomic E-state index is 15.8. The van der Waals surface area contributed by atoms with Gasteiger partial charge in [0.2, 0.25) is 5.75 Å². The van der Waals surface area contributed by atoms with Gasteiger partial charge in [0.25, 0.3) is 0 Å². The highest BCUT2D eigenvalue weighted by Crippen LogP contribution is 2.45. The molecule has 9 heteroatoms. The maximum absolute atomic E-state index is 15.8. The van der Waals surface area contributed by atoms with E-state index in [9.17, 15) is 22.0 Å². The van der Waals surface area contributed by atoms with Gasteiger partial charge >= 0.3 is 6.36 Å². The molecule has 1 atom stereocenters. The van der Waals surface area contributed by atoms with Crippen molar-refractivity contribution in [3.63, 3.8) is 0 Å². The zero-order valence-electron chi connectivity index (χ0n) is 23.9. The first-order valence-corrected chi connectivity index (χ1v) is 15.0. The quantitative estimate of drug-likeness (QED) is 0.182. The number of hydrogen-bond donors (Lipinski definition) is 0. The van der Waals surface area contributed by atoms with Crippen LogP contribution in [0.5, 0.6) is 5.75 Å². The first kappa shape index (κ1) is 31.3. The Morgan fingerprint density at radius 1 is 0.721 bits per heavy atom. The van der Waals surface area contributed by atoms with Crippen LogP contribution in [0.1, 0.15) is 97.1 Å². The Kier molecular flexibility index (Phi) is 9.37. The van der Waals surface area contributed by atoms with Crippen molar-refractivity contribution in [1.82, 2.24) is 0 Å². The number of alkyl halides is 3. The highest BCUT2D eigenvalue weighted by Gasteiger charge is 2.36. The van der Waals surface area contributed by atoms with Gasteiger partial charge in [-0.15, -0.1) is 13.2 Å². The number of aryl methyl sites for hydroxylation is 2. The molecule has 232 valence electrons. The van der Waals surface area contributed by atoms with Gasteiger partial charge in [-0.2, -0.15) is 0 Å². The minimum absolute atomic E-state index is 0.117. The van der Waals surface area contributed by atoms with Crippen LogP contribution in [0.15, 0.2) is 36.4 Å². The monoisotopic (exact) mass is 610 g/mol. The topological polar surface area (TPSA) is 9.23 Å². The molecule has 5 rings (SSSR count). The van der Waals surface area contributed by atoms with E-state index in [0.29, 0.717) is 12.8 Å². The lowest BCUT2D eigenvalue weighted by molar-refractivity contribution is -0.276. The number of hydrogen-bond acceptors (Lipinski definition) is 1. The largest absolute Gasteiger partial charge is 0.573 e. The molecule has 43 heavy (non-hydrogen) atoms. The van der Waals surface area contributed by atoms with E-state index in [4.69, 9.17) is 0 Å². The Balaban J connectivity index is 1.25. The number of rotatable bonds is 8. The van der Waals surface area contributed by atoms with Gasteiger partial charge in [0.05, 0.1) is 0 Å². The fourth-order valence-corrected chi connectivity index (χ4v) is 6.87. The average Bonchev–Trinajstić information content (AvgIpc) is 2.97. The zero-order valence-corrected chi connectivity index (χ0v) is 23.9. The number of ether oxygens (including phenoxy) is 1. The van der Waals surface area contributed by atoms with Crippen LogP contribution in [0.3, 0.4) is 0 Å². The maximum Gasteiger partial charge on any atom is 0.573 e. The Labute approximate surface area is 246 Å². The highest BCUT2D eigenvalue weighted by atomic mass is 19.4. The van der Waals surface area contributed by atoms with Crippen LogP contribution in [0, 0.1) is 35.0 Å². The number of halogens is 8. The first-order valence-electron chi connectivity index (χ1n) is 15.0. The van der Waals surface area contributed by atoms with Gasteiger partial charge in [-0.05, 0) is 122 Å². The molecular formula is C34H34F8O. The summed E-state index contributed by atoms with van der Waals surface area (Å²) in [6, 6.07) is 10.0. The summed E-state index contributed by atoms with van der Waals surface area (Å²) in [6.07, 6.45) is 0.779. The van der Waals surface area contributed by atoms with Crippen LogP contribution in [0.4, 0.5) is 35.1 Å². The Hall–Kier alpha value is -3.10. The van der Waals surface area contributed by atoms with Crippen LogP contribution in [0.25, 0.3) is 0 Å². The molecule has 3 aromatic rings. The van der Waals surface area contributed by atoms with Gasteiger partial charge in [0, 0.05) is 5.56 Å². The van der Waals surface area contributed by atoms with Crippen LogP contribution in [0.2, 0.25) is 0 Å². The van der Waals surface area contributed by atoms with Crippen LogP contribution in [-0.2, 0) is 25.7 Å². The summed E-state index contributed by atoms with van der Waals surface area (Å²) in [4.78, 5) is 0. The highest BCUT2D eigenvalue weighted by molar-refractivity contribution is 5.41. The second-order valence-corrected chi connectivity index (χ2v) is 11.9. The summed E-state index contributed by atoms with van der Waals surface area (Å²) in [6.45, 7) is 2.13. The summed E-state index contributed by atoms with van der Waals surface area (Å²) in [5.74, 6) is -8.28. The van der Waals surface area contributed by atoms with Gasteiger partial charge < -0.3 is 4.74 Å². The van der Waals surface area contributed by atoms with Crippen molar-refractivity contribution >= 4 is 0 Å². The van der Waals surface area contributed by atoms with Gasteiger partial charge in [-0.25, -0.2) is 22.0 Å². The SMILES string of the molecule is CCCc1ccc(CCC2CCc3c(F)c(C4CCC(c5cc(F)c(OC(F)(F)F)c(F)c5)CC4)c(F)c(F)c3C2)cc1. The third-order valence-electron chi connectivity index (χ3n) is 9.10. The molecule has 2 aliphatic carbocycles. The van der Waals surface area contributed by atoms with Crippen molar-refractivity contribution in [1.29, 1.82) is 0 Å². The van der Waals surface area contributed by atoms with E-state index in [2.05, 4.69) is 35.9 Å². The van der Waals surface area contributed by atoms with E-state index in [1.54, 1.807) is 0 Å². The molecule has 1 nitrogen and oxygen atoms in total. The van der Waals surface area contributed by atoms with Crippen molar-refractivity contribution in [3.05, 3.63) is 98.9 Å². The first-order chi connectivity index (χ1) is 20.4. The van der Waals surface area contributed by atoms with Gasteiger partial charge in [0.15, 0.2) is 23.3 Å². The molecule has 0 saturated heterocycles. The molecule has 0 bridgehead atoms. The van der Waals surface area contributed by atoms with Crippen LogP contribution < -0.4 is 4.74 Å².